The first-order valence-corrected chi connectivity index (χ1v) is 21.2. The number of fused-ring (bicyclic) bond motifs is 7. The molecule has 0 aromatic heterocycles. The molecule has 0 saturated heterocycles. The van der Waals surface area contributed by atoms with E-state index >= 15 is 0 Å². The Morgan fingerprint density at radius 3 is 1.55 bits per heavy atom. The summed E-state index contributed by atoms with van der Waals surface area (Å²) in [6, 6.07) is 70.0. The van der Waals surface area contributed by atoms with Gasteiger partial charge in [0.25, 0.3) is 0 Å². The largest absolute Gasteiger partial charge is 0.0760 e. The van der Waals surface area contributed by atoms with Crippen LogP contribution in [-0.2, 0) is 0 Å². The second-order valence-corrected chi connectivity index (χ2v) is 16.6. The summed E-state index contributed by atoms with van der Waals surface area (Å²) in [4.78, 5) is 0. The minimum Gasteiger partial charge on any atom is -0.0760 e. The van der Waals surface area contributed by atoms with Crippen molar-refractivity contribution in [3.63, 3.8) is 0 Å². The van der Waals surface area contributed by atoms with E-state index in [-0.39, 0.29) is 0 Å². The van der Waals surface area contributed by atoms with Crippen LogP contribution in [0.15, 0.2) is 218 Å². The van der Waals surface area contributed by atoms with Crippen molar-refractivity contribution in [2.75, 3.05) is 0 Å². The van der Waals surface area contributed by atoms with Crippen LogP contribution in [-0.4, -0.2) is 0 Å². The van der Waals surface area contributed by atoms with E-state index in [9.17, 15) is 0 Å². The van der Waals surface area contributed by atoms with Gasteiger partial charge in [-0.2, -0.15) is 0 Å². The molecular formula is C60H38. The summed E-state index contributed by atoms with van der Waals surface area (Å²) in [6.45, 7) is 0. The Labute approximate surface area is 350 Å². The molecule has 2 atom stereocenters. The normalized spacial score (nSPS) is 16.6. The van der Waals surface area contributed by atoms with Crippen molar-refractivity contribution in [1.29, 1.82) is 0 Å². The molecule has 0 N–H and O–H groups in total. The Morgan fingerprint density at radius 1 is 0.283 bits per heavy atom. The molecule has 0 fully saturated rings. The molecule has 0 heterocycles. The summed E-state index contributed by atoms with van der Waals surface area (Å²) < 4.78 is 0. The minimum atomic E-state index is 0.327. The minimum absolute atomic E-state index is 0.327. The van der Waals surface area contributed by atoms with Crippen molar-refractivity contribution in [3.8, 4) is 66.8 Å². The summed E-state index contributed by atoms with van der Waals surface area (Å²) >= 11 is 0. The highest BCUT2D eigenvalue weighted by Crippen LogP contribution is 2.60. The van der Waals surface area contributed by atoms with E-state index < -0.39 is 0 Å². The van der Waals surface area contributed by atoms with Gasteiger partial charge in [-0.3, -0.25) is 0 Å². The van der Waals surface area contributed by atoms with Gasteiger partial charge in [0.2, 0.25) is 0 Å². The molecule has 0 aliphatic heterocycles. The predicted molar refractivity (Wildman–Crippen MR) is 254 cm³/mol. The van der Waals surface area contributed by atoms with Crippen molar-refractivity contribution < 1.29 is 0 Å². The van der Waals surface area contributed by atoms with Gasteiger partial charge in [-0.25, -0.2) is 0 Å². The SMILES string of the molecule is C1=CC2C(c3ccccc3)=CC=C3c4cc(-c5ccc6c(-c7ccccc7)c7c(c(-c8ccccc8)c6c5)-c5ccc(-c6ccccc6)c6cccc-7c56)ccc4C(=C1)C32. The van der Waals surface area contributed by atoms with E-state index in [4.69, 9.17) is 0 Å². The quantitative estimate of drug-likeness (QED) is 0.164. The van der Waals surface area contributed by atoms with Gasteiger partial charge >= 0.3 is 0 Å². The highest BCUT2D eigenvalue weighted by atomic mass is 14.4. The second kappa shape index (κ2) is 13.0. The molecule has 4 aliphatic rings. The highest BCUT2D eigenvalue weighted by Gasteiger charge is 2.40. The topological polar surface area (TPSA) is 0 Å². The van der Waals surface area contributed by atoms with Gasteiger partial charge < -0.3 is 0 Å². The van der Waals surface area contributed by atoms with Crippen LogP contribution in [0.5, 0.6) is 0 Å². The Hall–Kier alpha value is -7.54. The van der Waals surface area contributed by atoms with Gasteiger partial charge in [0.15, 0.2) is 0 Å². The van der Waals surface area contributed by atoms with Gasteiger partial charge in [-0.05, 0) is 134 Å². The molecule has 4 aliphatic carbocycles. The number of rotatable bonds is 5. The molecule has 0 bridgehead atoms. The van der Waals surface area contributed by atoms with Gasteiger partial charge in [0.05, 0.1) is 0 Å². The summed E-state index contributed by atoms with van der Waals surface area (Å²) in [6.07, 6.45) is 11.8. The molecular weight excluding hydrogens is 721 g/mol. The lowest BCUT2D eigenvalue weighted by molar-refractivity contribution is 0.725. The van der Waals surface area contributed by atoms with Crippen LogP contribution in [0, 0.1) is 11.8 Å². The maximum Gasteiger partial charge on any atom is 0.0205 e. The number of benzene rings is 9. The molecule has 278 valence electrons. The van der Waals surface area contributed by atoms with E-state index in [2.05, 4.69) is 218 Å². The third-order valence-corrected chi connectivity index (χ3v) is 13.6. The first kappa shape index (κ1) is 33.4. The standard InChI is InChI=1S/C60H38/c1-5-15-37(16-6-1)43-31-33-49-53-35-41(27-29-45(53)48-25-13-23-46(43)57(48)49)42-28-30-50-54(36-42)56(40-21-11-4-12-22-40)60-52-34-32-44(38-17-7-2-8-18-38)47-24-14-26-51(58(47)52)59(60)55(50)39-19-9-3-10-20-39/h1-36,46,57H. The van der Waals surface area contributed by atoms with Crippen LogP contribution >= 0.6 is 0 Å². The summed E-state index contributed by atoms with van der Waals surface area (Å²) in [5.74, 6) is 0.665. The fourth-order valence-electron chi connectivity index (χ4n) is 11.1. The van der Waals surface area contributed by atoms with E-state index in [0.717, 1.165) is 0 Å². The fraction of sp³-hybridized carbons (Fsp3) is 0.0333. The van der Waals surface area contributed by atoms with Crippen LogP contribution in [0.3, 0.4) is 0 Å². The van der Waals surface area contributed by atoms with E-state index in [1.54, 1.807) is 0 Å². The molecule has 0 heteroatoms. The number of hydrogen-bond donors (Lipinski definition) is 0. The van der Waals surface area contributed by atoms with Gasteiger partial charge in [-0.15, -0.1) is 0 Å². The van der Waals surface area contributed by atoms with Crippen molar-refractivity contribution in [2.24, 2.45) is 11.8 Å². The Kier molecular flexibility index (Phi) is 7.23. The molecule has 0 radical (unpaired) electrons. The third-order valence-electron chi connectivity index (χ3n) is 13.6. The Bertz CT molecular complexity index is 3380. The molecule has 9 aromatic carbocycles. The first-order valence-electron chi connectivity index (χ1n) is 21.2. The predicted octanol–water partition coefficient (Wildman–Crippen LogP) is 16.0. The van der Waals surface area contributed by atoms with E-state index in [1.165, 1.54) is 122 Å². The monoisotopic (exact) mass is 758 g/mol. The zero-order valence-electron chi connectivity index (χ0n) is 32.9. The van der Waals surface area contributed by atoms with Crippen molar-refractivity contribution >= 4 is 38.3 Å². The maximum atomic E-state index is 2.49. The average Bonchev–Trinajstić information content (AvgIpc) is 3.83. The zero-order valence-corrected chi connectivity index (χ0v) is 32.9. The van der Waals surface area contributed by atoms with Gasteiger partial charge in [0.1, 0.15) is 0 Å². The van der Waals surface area contributed by atoms with Gasteiger partial charge in [0, 0.05) is 11.8 Å². The fourth-order valence-corrected chi connectivity index (χ4v) is 11.1. The average molecular weight is 759 g/mol. The van der Waals surface area contributed by atoms with Crippen molar-refractivity contribution in [3.05, 3.63) is 235 Å². The van der Waals surface area contributed by atoms with Crippen LogP contribution < -0.4 is 0 Å². The smallest absolute Gasteiger partial charge is 0.0205 e. The first-order chi connectivity index (χ1) is 29.8. The summed E-state index contributed by atoms with van der Waals surface area (Å²) in [5, 5.41) is 5.18. The van der Waals surface area contributed by atoms with Crippen LogP contribution in [0.1, 0.15) is 16.7 Å². The Balaban J connectivity index is 1.06. The maximum absolute atomic E-state index is 2.49. The van der Waals surface area contributed by atoms with Gasteiger partial charge in [-0.1, -0.05) is 206 Å². The molecule has 0 nitrogen and oxygen atoms in total. The second-order valence-electron chi connectivity index (χ2n) is 16.6. The molecule has 0 amide bonds. The molecule has 2 unspecified atom stereocenters. The van der Waals surface area contributed by atoms with E-state index in [0.29, 0.717) is 11.8 Å². The van der Waals surface area contributed by atoms with Crippen molar-refractivity contribution in [1.82, 2.24) is 0 Å². The third kappa shape index (κ3) is 4.79. The number of hydrogen-bond acceptors (Lipinski definition) is 0. The molecule has 0 saturated carbocycles. The molecule has 60 heavy (non-hydrogen) atoms. The molecule has 13 rings (SSSR count). The number of allylic oxidation sites excluding steroid dienone is 8. The van der Waals surface area contributed by atoms with Crippen LogP contribution in [0.25, 0.3) is 105 Å². The summed E-state index contributed by atoms with van der Waals surface area (Å²) in [5.41, 5.74) is 23.6. The van der Waals surface area contributed by atoms with Crippen LogP contribution in [0.2, 0.25) is 0 Å². The summed E-state index contributed by atoms with van der Waals surface area (Å²) in [7, 11) is 0. The Morgan fingerprint density at radius 2 is 0.833 bits per heavy atom. The molecule has 0 spiro atoms. The molecule has 9 aromatic rings. The lowest BCUT2D eigenvalue weighted by Crippen LogP contribution is -2.18. The zero-order chi connectivity index (χ0) is 39.3. The highest BCUT2D eigenvalue weighted by molar-refractivity contribution is 6.29. The van der Waals surface area contributed by atoms with Crippen LogP contribution in [0.4, 0.5) is 0 Å². The lowest BCUT2D eigenvalue weighted by atomic mass is 9.72. The van der Waals surface area contributed by atoms with Crippen molar-refractivity contribution in [2.45, 2.75) is 0 Å². The van der Waals surface area contributed by atoms with E-state index in [1.807, 2.05) is 0 Å². The lowest BCUT2D eigenvalue weighted by Gasteiger charge is -2.31.